The Kier molecular flexibility index (Phi) is 3.72. The summed E-state index contributed by atoms with van der Waals surface area (Å²) in [6, 6.07) is 0. The molecule has 0 aliphatic carbocycles. The third-order valence-corrected chi connectivity index (χ3v) is 5.10. The van der Waals surface area contributed by atoms with Gasteiger partial charge in [-0.05, 0) is 24.2 Å². The van der Waals surface area contributed by atoms with Gasteiger partial charge in [-0.2, -0.15) is 0 Å². The molecule has 0 heterocycles. The standard InChI is InChI=1S/C8H16O2Si/c1-7(2)11(9-5,10-6)8(3)4/h1,3H2,2,4-6H3. The Hall–Kier alpha value is -0.383. The first-order chi connectivity index (χ1) is 5.01. The van der Waals surface area contributed by atoms with Crippen LogP contribution in [0.1, 0.15) is 13.8 Å². The highest BCUT2D eigenvalue weighted by Crippen LogP contribution is 2.21. The number of rotatable bonds is 4. The van der Waals surface area contributed by atoms with Gasteiger partial charge in [0.25, 0.3) is 0 Å². The lowest BCUT2D eigenvalue weighted by Crippen LogP contribution is -2.43. The summed E-state index contributed by atoms with van der Waals surface area (Å²) in [5.74, 6) is 0. The van der Waals surface area contributed by atoms with E-state index < -0.39 is 8.56 Å². The molecule has 3 heteroatoms. The minimum Gasteiger partial charge on any atom is -0.391 e. The van der Waals surface area contributed by atoms with Crippen LogP contribution in [0.3, 0.4) is 0 Å². The van der Waals surface area contributed by atoms with E-state index >= 15 is 0 Å². The lowest BCUT2D eigenvalue weighted by molar-refractivity contribution is 0.262. The molecule has 0 aromatic rings. The summed E-state index contributed by atoms with van der Waals surface area (Å²) in [6.07, 6.45) is 0. The third-order valence-electron chi connectivity index (χ3n) is 1.70. The lowest BCUT2D eigenvalue weighted by Gasteiger charge is -2.27. The van der Waals surface area contributed by atoms with Gasteiger partial charge in [-0.3, -0.25) is 0 Å². The van der Waals surface area contributed by atoms with Crippen molar-refractivity contribution < 1.29 is 8.85 Å². The quantitative estimate of drug-likeness (QED) is 0.603. The minimum atomic E-state index is -2.29. The van der Waals surface area contributed by atoms with E-state index in [1.165, 1.54) is 0 Å². The smallest absolute Gasteiger partial charge is 0.391 e. The minimum absolute atomic E-state index is 0.940. The van der Waals surface area contributed by atoms with Gasteiger partial charge < -0.3 is 8.85 Å². The molecule has 0 fully saturated rings. The van der Waals surface area contributed by atoms with Gasteiger partial charge in [-0.15, -0.1) is 0 Å². The fourth-order valence-corrected chi connectivity index (χ4v) is 3.43. The molecule has 0 aromatic carbocycles. The van der Waals surface area contributed by atoms with Gasteiger partial charge in [-0.25, -0.2) is 0 Å². The molecular weight excluding hydrogens is 156 g/mol. The Balaban J connectivity index is 4.76. The number of hydrogen-bond acceptors (Lipinski definition) is 2. The molecule has 0 N–H and O–H groups in total. The van der Waals surface area contributed by atoms with E-state index in [4.69, 9.17) is 8.85 Å². The van der Waals surface area contributed by atoms with Crippen LogP contribution in [0.25, 0.3) is 0 Å². The summed E-state index contributed by atoms with van der Waals surface area (Å²) < 4.78 is 10.7. The molecule has 0 bridgehead atoms. The monoisotopic (exact) mass is 172 g/mol. The van der Waals surface area contributed by atoms with Crippen molar-refractivity contribution in [1.82, 2.24) is 0 Å². The Morgan fingerprint density at radius 3 is 1.27 bits per heavy atom. The largest absolute Gasteiger partial charge is 0.396 e. The maximum absolute atomic E-state index is 5.33. The fraction of sp³-hybridized carbons (Fsp3) is 0.500. The first-order valence-electron chi connectivity index (χ1n) is 3.43. The molecule has 0 aliphatic heterocycles. The van der Waals surface area contributed by atoms with Gasteiger partial charge in [0.05, 0.1) is 0 Å². The van der Waals surface area contributed by atoms with E-state index in [0.29, 0.717) is 0 Å². The Labute approximate surface area is 69.8 Å². The predicted molar refractivity (Wildman–Crippen MR) is 49.4 cm³/mol. The van der Waals surface area contributed by atoms with E-state index in [2.05, 4.69) is 13.2 Å². The van der Waals surface area contributed by atoms with Crippen molar-refractivity contribution >= 4 is 8.56 Å². The zero-order chi connectivity index (χ0) is 9.07. The zero-order valence-corrected chi connectivity index (χ0v) is 8.73. The van der Waals surface area contributed by atoms with Crippen LogP contribution in [0.5, 0.6) is 0 Å². The van der Waals surface area contributed by atoms with Crippen LogP contribution in [0.4, 0.5) is 0 Å². The van der Waals surface area contributed by atoms with E-state index in [9.17, 15) is 0 Å². The summed E-state index contributed by atoms with van der Waals surface area (Å²) >= 11 is 0. The van der Waals surface area contributed by atoms with Crippen LogP contribution >= 0.6 is 0 Å². The van der Waals surface area contributed by atoms with Gasteiger partial charge in [0.1, 0.15) is 0 Å². The second-order valence-electron chi connectivity index (χ2n) is 2.59. The first-order valence-corrected chi connectivity index (χ1v) is 5.25. The fourth-order valence-electron chi connectivity index (χ4n) is 1.14. The predicted octanol–water partition coefficient (Wildman–Crippen LogP) is 1.95. The number of hydrogen-bond donors (Lipinski definition) is 0. The van der Waals surface area contributed by atoms with Gasteiger partial charge in [-0.1, -0.05) is 13.2 Å². The molecule has 0 amide bonds. The molecule has 0 saturated heterocycles. The SMILES string of the molecule is C=C(C)[Si](OC)(OC)C(=C)C. The molecule has 2 nitrogen and oxygen atoms in total. The Morgan fingerprint density at radius 2 is 1.27 bits per heavy atom. The van der Waals surface area contributed by atoms with Gasteiger partial charge >= 0.3 is 8.56 Å². The van der Waals surface area contributed by atoms with E-state index in [1.54, 1.807) is 14.2 Å². The maximum Gasteiger partial charge on any atom is 0.396 e. The highest BCUT2D eigenvalue weighted by Gasteiger charge is 2.38. The van der Waals surface area contributed by atoms with Crippen molar-refractivity contribution in [1.29, 1.82) is 0 Å². The average molecular weight is 172 g/mol. The van der Waals surface area contributed by atoms with Crippen LogP contribution in [-0.4, -0.2) is 22.8 Å². The summed E-state index contributed by atoms with van der Waals surface area (Å²) in [4.78, 5) is 0. The second-order valence-corrected chi connectivity index (χ2v) is 6.34. The topological polar surface area (TPSA) is 18.5 Å². The van der Waals surface area contributed by atoms with Crippen molar-refractivity contribution in [3.05, 3.63) is 23.6 Å². The molecule has 0 rings (SSSR count). The molecule has 0 spiro atoms. The molecule has 64 valence electrons. The second kappa shape index (κ2) is 3.85. The highest BCUT2D eigenvalue weighted by molar-refractivity contribution is 6.81. The molecular formula is C8H16O2Si. The Bertz CT molecular complexity index is 155. The molecule has 0 aliphatic rings. The van der Waals surface area contributed by atoms with Crippen molar-refractivity contribution in [2.45, 2.75) is 13.8 Å². The molecule has 0 atom stereocenters. The molecule has 0 saturated carbocycles. The first kappa shape index (κ1) is 10.6. The van der Waals surface area contributed by atoms with Gasteiger partial charge in [0, 0.05) is 14.2 Å². The normalized spacial score (nSPS) is 11.3. The van der Waals surface area contributed by atoms with Crippen LogP contribution in [-0.2, 0) is 8.85 Å². The lowest BCUT2D eigenvalue weighted by atomic mass is 10.7. The Morgan fingerprint density at radius 1 is 1.00 bits per heavy atom. The summed E-state index contributed by atoms with van der Waals surface area (Å²) in [5, 5.41) is 1.88. The van der Waals surface area contributed by atoms with Crippen LogP contribution in [0.15, 0.2) is 23.6 Å². The summed E-state index contributed by atoms with van der Waals surface area (Å²) in [7, 11) is 0.989. The van der Waals surface area contributed by atoms with Crippen LogP contribution in [0, 0.1) is 0 Å². The van der Waals surface area contributed by atoms with Crippen LogP contribution in [0.2, 0.25) is 0 Å². The van der Waals surface area contributed by atoms with Crippen molar-refractivity contribution in [3.8, 4) is 0 Å². The molecule has 0 radical (unpaired) electrons. The maximum atomic E-state index is 5.33. The van der Waals surface area contributed by atoms with Gasteiger partial charge in [0.2, 0.25) is 0 Å². The summed E-state index contributed by atoms with van der Waals surface area (Å²) in [5.41, 5.74) is 0. The van der Waals surface area contributed by atoms with Crippen molar-refractivity contribution in [3.63, 3.8) is 0 Å². The zero-order valence-electron chi connectivity index (χ0n) is 7.73. The van der Waals surface area contributed by atoms with E-state index in [0.717, 1.165) is 10.4 Å². The highest BCUT2D eigenvalue weighted by atomic mass is 28.4. The van der Waals surface area contributed by atoms with Gasteiger partial charge in [0.15, 0.2) is 0 Å². The number of allylic oxidation sites excluding steroid dienone is 2. The summed E-state index contributed by atoms with van der Waals surface area (Å²) in [6.45, 7) is 11.5. The van der Waals surface area contributed by atoms with Crippen molar-refractivity contribution in [2.24, 2.45) is 0 Å². The van der Waals surface area contributed by atoms with Crippen molar-refractivity contribution in [2.75, 3.05) is 14.2 Å². The third kappa shape index (κ3) is 1.80. The van der Waals surface area contributed by atoms with Crippen LogP contribution < -0.4 is 0 Å². The average Bonchev–Trinajstić information content (AvgIpc) is 1.90. The molecule has 0 aromatic heterocycles. The molecule has 11 heavy (non-hydrogen) atoms. The molecule has 0 unspecified atom stereocenters. The van der Waals surface area contributed by atoms with E-state index in [-0.39, 0.29) is 0 Å². The van der Waals surface area contributed by atoms with E-state index in [1.807, 2.05) is 13.8 Å².